The molecule has 2 aromatic heterocycles. The summed E-state index contributed by atoms with van der Waals surface area (Å²) >= 11 is 0. The maximum Gasteiger partial charge on any atom is 0.304 e. The Bertz CT molecular complexity index is 1470. The molecule has 7 nitrogen and oxygen atoms in total. The number of nitrogens with zero attached hydrogens (tertiary/aromatic N) is 3. The van der Waals surface area contributed by atoms with Crippen molar-refractivity contribution in [3.8, 4) is 23.1 Å². The van der Waals surface area contributed by atoms with Crippen LogP contribution < -0.4 is 11.3 Å². The van der Waals surface area contributed by atoms with Gasteiger partial charge < -0.3 is 5.11 Å². The second kappa shape index (κ2) is 12.0. The van der Waals surface area contributed by atoms with Crippen LogP contribution >= 0.6 is 0 Å². The summed E-state index contributed by atoms with van der Waals surface area (Å²) in [6.07, 6.45) is 6.95. The van der Waals surface area contributed by atoms with E-state index in [0.717, 1.165) is 71.2 Å². The van der Waals surface area contributed by atoms with Crippen molar-refractivity contribution in [3.05, 3.63) is 95.3 Å². The molecule has 2 aromatic carbocycles. The largest absolute Gasteiger partial charge is 0.481 e. The third-order valence-electron chi connectivity index (χ3n) is 7.02. The van der Waals surface area contributed by atoms with Gasteiger partial charge in [-0.2, -0.15) is 0 Å². The lowest BCUT2D eigenvalue weighted by atomic mass is 9.98. The van der Waals surface area contributed by atoms with Crippen molar-refractivity contribution in [3.63, 3.8) is 0 Å². The number of carbonyl (C=O) groups is 1. The normalized spacial score (nSPS) is 15.7. The molecule has 0 saturated carbocycles. The van der Waals surface area contributed by atoms with E-state index in [4.69, 9.17) is 10.8 Å². The summed E-state index contributed by atoms with van der Waals surface area (Å²) in [7, 11) is 0. The fourth-order valence-electron chi connectivity index (χ4n) is 5.04. The number of nitrogens with one attached hydrogen (secondary N) is 1. The minimum atomic E-state index is -0.722. The van der Waals surface area contributed by atoms with E-state index >= 15 is 0 Å². The van der Waals surface area contributed by atoms with Crippen molar-refractivity contribution in [2.45, 2.75) is 44.8 Å². The zero-order valence-corrected chi connectivity index (χ0v) is 21.2. The average molecular weight is 506 g/mol. The minimum Gasteiger partial charge on any atom is -0.481 e. The summed E-state index contributed by atoms with van der Waals surface area (Å²) in [5.41, 5.74) is 9.60. The molecule has 0 amide bonds. The Morgan fingerprint density at radius 3 is 2.50 bits per heavy atom. The molecule has 1 aliphatic rings. The third kappa shape index (κ3) is 6.24. The van der Waals surface area contributed by atoms with E-state index in [2.05, 4.69) is 39.3 Å². The monoisotopic (exact) mass is 505 g/mol. The van der Waals surface area contributed by atoms with Crippen LogP contribution in [-0.2, 0) is 17.9 Å². The quantitative estimate of drug-likeness (QED) is 0.193. The molecule has 0 radical (unpaired) electrons. The van der Waals surface area contributed by atoms with Crippen molar-refractivity contribution in [2.24, 2.45) is 5.84 Å². The Labute approximate surface area is 222 Å². The van der Waals surface area contributed by atoms with Gasteiger partial charge in [-0.25, -0.2) is 4.98 Å². The summed E-state index contributed by atoms with van der Waals surface area (Å²) in [5, 5.41) is 10.2. The minimum absolute atomic E-state index is 0.120. The predicted octanol–water partition coefficient (Wildman–Crippen LogP) is 4.49. The molecule has 4 aromatic rings. The smallest absolute Gasteiger partial charge is 0.304 e. The van der Waals surface area contributed by atoms with Gasteiger partial charge in [0.05, 0.1) is 17.6 Å². The van der Waals surface area contributed by atoms with E-state index in [-0.39, 0.29) is 12.5 Å². The molecule has 5 rings (SSSR count). The Morgan fingerprint density at radius 1 is 1.05 bits per heavy atom. The lowest BCUT2D eigenvalue weighted by Gasteiger charge is -2.34. The molecule has 4 N–H and O–H groups in total. The molecule has 1 unspecified atom stereocenters. The zero-order chi connectivity index (χ0) is 26.3. The van der Waals surface area contributed by atoms with Crippen LogP contribution in [0.15, 0.2) is 73.1 Å². The Balaban J connectivity index is 1.27. The first kappa shape index (κ1) is 25.6. The highest BCUT2D eigenvalue weighted by molar-refractivity contribution is 5.84. The molecule has 38 heavy (non-hydrogen) atoms. The summed E-state index contributed by atoms with van der Waals surface area (Å²) in [6, 6.07) is 20.4. The Morgan fingerprint density at radius 2 is 1.79 bits per heavy atom. The maximum absolute atomic E-state index is 11.2. The molecule has 3 heterocycles. The number of aromatic nitrogens is 2. The molecular formula is C31H31N5O2. The molecular weight excluding hydrogens is 474 g/mol. The van der Waals surface area contributed by atoms with Crippen LogP contribution in [0, 0.1) is 11.8 Å². The van der Waals surface area contributed by atoms with Gasteiger partial charge in [-0.3, -0.25) is 25.9 Å². The number of hydrogen-bond donors (Lipinski definition) is 3. The van der Waals surface area contributed by atoms with E-state index in [9.17, 15) is 9.90 Å². The molecule has 1 saturated heterocycles. The van der Waals surface area contributed by atoms with Crippen LogP contribution in [0.3, 0.4) is 0 Å². The van der Waals surface area contributed by atoms with Gasteiger partial charge in [0.2, 0.25) is 0 Å². The second-order valence-corrected chi connectivity index (χ2v) is 9.68. The van der Waals surface area contributed by atoms with Gasteiger partial charge in [-0.05, 0) is 66.9 Å². The highest BCUT2D eigenvalue weighted by atomic mass is 16.4. The lowest BCUT2D eigenvalue weighted by molar-refractivity contribution is -0.138. The number of piperidine rings is 1. The molecule has 1 fully saturated rings. The number of pyridine rings is 2. The summed E-state index contributed by atoms with van der Waals surface area (Å²) in [5.74, 6) is 11.4. The van der Waals surface area contributed by atoms with Crippen LogP contribution in [0.5, 0.6) is 0 Å². The van der Waals surface area contributed by atoms with Gasteiger partial charge in [0.15, 0.2) is 0 Å². The number of carboxylic acid groups (broad SMARTS) is 1. The number of rotatable bonds is 7. The van der Waals surface area contributed by atoms with E-state index in [1.807, 2.05) is 54.7 Å². The van der Waals surface area contributed by atoms with Crippen LogP contribution in [0.1, 0.15) is 47.9 Å². The van der Waals surface area contributed by atoms with Gasteiger partial charge in [0.25, 0.3) is 0 Å². The van der Waals surface area contributed by atoms with E-state index in [0.29, 0.717) is 6.54 Å². The highest BCUT2D eigenvalue weighted by Gasteiger charge is 2.24. The maximum atomic E-state index is 11.2. The van der Waals surface area contributed by atoms with Crippen LogP contribution in [0.25, 0.3) is 22.2 Å². The standard InChI is InChI=1S/C31H31N5O2/c32-34-19-26-17-30(35-29-14-15-33-20-28(26)29)25-12-10-23(11-13-25)5-4-22-6-8-24(9-7-22)21-36-16-2-1-3-27(36)18-31(37)38/h6-15,17,20,27,34H,1-3,16,18-19,21,32H2,(H,37,38). The lowest BCUT2D eigenvalue weighted by Crippen LogP contribution is -2.40. The molecule has 7 heteroatoms. The van der Waals surface area contributed by atoms with Gasteiger partial charge >= 0.3 is 5.97 Å². The first-order valence-electron chi connectivity index (χ1n) is 12.9. The SMILES string of the molecule is NNCc1cc(-c2ccc(C#Cc3ccc(CN4CCCCC4CC(=O)O)cc3)cc2)nc2ccncc12. The van der Waals surface area contributed by atoms with Gasteiger partial charge in [0, 0.05) is 53.6 Å². The average Bonchev–Trinajstić information content (AvgIpc) is 2.94. The van der Waals surface area contributed by atoms with Gasteiger partial charge in [-0.1, -0.05) is 42.5 Å². The third-order valence-corrected chi connectivity index (χ3v) is 7.02. The topological polar surface area (TPSA) is 104 Å². The van der Waals surface area contributed by atoms with Crippen molar-refractivity contribution in [1.29, 1.82) is 0 Å². The fourth-order valence-corrected chi connectivity index (χ4v) is 5.04. The van der Waals surface area contributed by atoms with Crippen LogP contribution in [-0.4, -0.2) is 38.5 Å². The molecule has 1 aliphatic heterocycles. The number of likely N-dealkylation sites (tertiary alicyclic amines) is 1. The van der Waals surface area contributed by atoms with Crippen molar-refractivity contribution < 1.29 is 9.90 Å². The van der Waals surface area contributed by atoms with Crippen LogP contribution in [0.2, 0.25) is 0 Å². The number of hydrogen-bond acceptors (Lipinski definition) is 6. The predicted molar refractivity (Wildman–Crippen MR) is 149 cm³/mol. The van der Waals surface area contributed by atoms with Crippen molar-refractivity contribution in [2.75, 3.05) is 6.54 Å². The van der Waals surface area contributed by atoms with E-state index in [1.165, 1.54) is 5.56 Å². The van der Waals surface area contributed by atoms with E-state index < -0.39 is 5.97 Å². The Hall–Kier alpha value is -4.09. The van der Waals surface area contributed by atoms with Crippen molar-refractivity contribution in [1.82, 2.24) is 20.3 Å². The van der Waals surface area contributed by atoms with Crippen LogP contribution in [0.4, 0.5) is 0 Å². The zero-order valence-electron chi connectivity index (χ0n) is 21.2. The first-order chi connectivity index (χ1) is 18.6. The van der Waals surface area contributed by atoms with E-state index in [1.54, 1.807) is 6.20 Å². The summed E-state index contributed by atoms with van der Waals surface area (Å²) < 4.78 is 0. The number of fused-ring (bicyclic) bond motifs is 1. The number of aliphatic carboxylic acids is 1. The molecule has 0 aliphatic carbocycles. The van der Waals surface area contributed by atoms with Gasteiger partial charge in [0.1, 0.15) is 0 Å². The molecule has 0 bridgehead atoms. The number of hydrazine groups is 1. The summed E-state index contributed by atoms with van der Waals surface area (Å²) in [6.45, 7) is 2.25. The number of carboxylic acids is 1. The first-order valence-corrected chi connectivity index (χ1v) is 12.9. The molecule has 1 atom stereocenters. The Kier molecular flexibility index (Phi) is 8.05. The number of nitrogens with two attached hydrogens (primary N) is 1. The fraction of sp³-hybridized carbons (Fsp3) is 0.258. The van der Waals surface area contributed by atoms with Gasteiger partial charge in [-0.15, -0.1) is 0 Å². The molecule has 192 valence electrons. The number of benzene rings is 2. The second-order valence-electron chi connectivity index (χ2n) is 9.68. The van der Waals surface area contributed by atoms with Crippen molar-refractivity contribution >= 4 is 16.9 Å². The molecule has 0 spiro atoms. The summed E-state index contributed by atoms with van der Waals surface area (Å²) in [4.78, 5) is 22.5. The highest BCUT2D eigenvalue weighted by Crippen LogP contribution is 2.25.